The van der Waals surface area contributed by atoms with Crippen LogP contribution in [0.5, 0.6) is 0 Å². The Morgan fingerprint density at radius 3 is 2.63 bits per heavy atom. The number of nitrogens with one attached hydrogen (secondary N) is 1. The average molecular weight is 434 g/mol. The molecule has 1 aromatic heterocycles. The number of piperazine rings is 1. The molecule has 2 amide bonds. The number of anilines is 1. The number of amides is 2. The zero-order valence-electron chi connectivity index (χ0n) is 17.9. The van der Waals surface area contributed by atoms with Gasteiger partial charge < -0.3 is 15.1 Å². The lowest BCUT2D eigenvalue weighted by Gasteiger charge is -2.36. The van der Waals surface area contributed by atoms with Crippen molar-refractivity contribution >= 4 is 33.5 Å². The van der Waals surface area contributed by atoms with E-state index in [0.29, 0.717) is 6.04 Å². The predicted octanol–water partition coefficient (Wildman–Crippen LogP) is 3.78. The van der Waals surface area contributed by atoms with Crippen LogP contribution in [0, 0.1) is 11.7 Å². The van der Waals surface area contributed by atoms with Crippen LogP contribution in [0.2, 0.25) is 0 Å². The monoisotopic (exact) mass is 433 g/mol. The third-order valence-corrected chi connectivity index (χ3v) is 7.32. The Bertz CT molecular complexity index is 856. The van der Waals surface area contributed by atoms with Crippen molar-refractivity contribution in [3.05, 3.63) is 24.0 Å². The Morgan fingerprint density at radius 1 is 1.20 bits per heavy atom. The highest BCUT2D eigenvalue weighted by molar-refractivity contribution is 7.13. The summed E-state index contributed by atoms with van der Waals surface area (Å²) < 4.78 is 18.9. The largest absolute Gasteiger partial charge is 0.353 e. The molecule has 1 saturated carbocycles. The van der Waals surface area contributed by atoms with Gasteiger partial charge in [0.25, 0.3) is 0 Å². The fourth-order valence-electron chi connectivity index (χ4n) is 4.57. The molecule has 1 N–H and O–H groups in total. The first-order valence-electron chi connectivity index (χ1n) is 11.0. The molecule has 4 rings (SSSR count). The molecule has 0 atom stereocenters. The molecule has 0 spiro atoms. The van der Waals surface area contributed by atoms with Crippen molar-refractivity contribution in [2.24, 2.45) is 5.92 Å². The second-order valence-electron chi connectivity index (χ2n) is 8.83. The van der Waals surface area contributed by atoms with Gasteiger partial charge in [-0.3, -0.25) is 4.90 Å². The van der Waals surface area contributed by atoms with Crippen molar-refractivity contribution in [3.8, 4) is 0 Å². The summed E-state index contributed by atoms with van der Waals surface area (Å²) in [5, 5.41) is 4.19. The SMILES string of the molecule is CN(C)C(=O)NC1CCC(CCN2CCN(c3nsc4cc(F)ccc34)CC2)CC1. The van der Waals surface area contributed by atoms with Gasteiger partial charge in [0, 0.05) is 51.7 Å². The van der Waals surface area contributed by atoms with E-state index in [1.807, 2.05) is 6.07 Å². The Kier molecular flexibility index (Phi) is 6.73. The molecule has 1 saturated heterocycles. The fraction of sp³-hybridized carbons (Fsp3) is 0.636. The van der Waals surface area contributed by atoms with E-state index in [-0.39, 0.29) is 11.8 Å². The number of rotatable bonds is 5. The minimum absolute atomic E-state index is 0.0225. The highest BCUT2D eigenvalue weighted by atomic mass is 32.1. The number of aromatic nitrogens is 1. The van der Waals surface area contributed by atoms with E-state index in [4.69, 9.17) is 0 Å². The summed E-state index contributed by atoms with van der Waals surface area (Å²) in [6, 6.07) is 5.31. The summed E-state index contributed by atoms with van der Waals surface area (Å²) >= 11 is 1.38. The molecule has 30 heavy (non-hydrogen) atoms. The van der Waals surface area contributed by atoms with Gasteiger partial charge in [0.2, 0.25) is 0 Å². The van der Waals surface area contributed by atoms with Crippen molar-refractivity contribution < 1.29 is 9.18 Å². The minimum atomic E-state index is -0.198. The molecule has 1 aliphatic heterocycles. The maximum absolute atomic E-state index is 13.4. The smallest absolute Gasteiger partial charge is 0.317 e. The van der Waals surface area contributed by atoms with E-state index >= 15 is 0 Å². The van der Waals surface area contributed by atoms with E-state index < -0.39 is 0 Å². The zero-order chi connectivity index (χ0) is 21.1. The quantitative estimate of drug-likeness (QED) is 0.780. The third-order valence-electron chi connectivity index (χ3n) is 6.52. The van der Waals surface area contributed by atoms with E-state index in [1.165, 1.54) is 36.9 Å². The van der Waals surface area contributed by atoms with Crippen molar-refractivity contribution in [3.63, 3.8) is 0 Å². The summed E-state index contributed by atoms with van der Waals surface area (Å²) in [6.07, 6.45) is 5.84. The molecule has 1 aliphatic carbocycles. The van der Waals surface area contributed by atoms with Crippen molar-refractivity contribution in [1.82, 2.24) is 19.5 Å². The summed E-state index contributed by atoms with van der Waals surface area (Å²) in [6.45, 7) is 5.19. The predicted molar refractivity (Wildman–Crippen MR) is 121 cm³/mol. The summed E-state index contributed by atoms with van der Waals surface area (Å²) in [4.78, 5) is 18.3. The molecule has 0 bridgehead atoms. The highest BCUT2D eigenvalue weighted by Crippen LogP contribution is 2.31. The molecule has 2 aliphatic rings. The van der Waals surface area contributed by atoms with Gasteiger partial charge in [0.1, 0.15) is 11.6 Å². The van der Waals surface area contributed by atoms with Gasteiger partial charge in [-0.05, 0) is 74.3 Å². The minimum Gasteiger partial charge on any atom is -0.353 e. The molecule has 2 heterocycles. The molecule has 0 unspecified atom stereocenters. The maximum Gasteiger partial charge on any atom is 0.317 e. The zero-order valence-corrected chi connectivity index (χ0v) is 18.8. The highest BCUT2D eigenvalue weighted by Gasteiger charge is 2.25. The van der Waals surface area contributed by atoms with Crippen LogP contribution in [-0.4, -0.2) is 73.1 Å². The first-order valence-corrected chi connectivity index (χ1v) is 11.8. The molecule has 1 aromatic carbocycles. The average Bonchev–Trinajstić information content (AvgIpc) is 3.16. The molecular weight excluding hydrogens is 401 g/mol. The number of urea groups is 1. The molecule has 2 aromatic rings. The fourth-order valence-corrected chi connectivity index (χ4v) is 5.40. The van der Waals surface area contributed by atoms with Gasteiger partial charge in [-0.1, -0.05) is 0 Å². The number of nitrogens with zero attached hydrogens (tertiary/aromatic N) is 4. The Balaban J connectivity index is 1.19. The number of carbonyl (C=O) groups excluding carboxylic acids is 1. The lowest BCUT2D eigenvalue weighted by molar-refractivity contribution is 0.194. The summed E-state index contributed by atoms with van der Waals surface area (Å²) in [5.74, 6) is 1.58. The number of benzene rings is 1. The number of hydrogen-bond donors (Lipinski definition) is 1. The lowest BCUT2D eigenvalue weighted by atomic mass is 9.84. The summed E-state index contributed by atoms with van der Waals surface area (Å²) in [7, 11) is 3.58. The van der Waals surface area contributed by atoms with Crippen molar-refractivity contribution in [2.75, 3.05) is 51.7 Å². The molecule has 164 valence electrons. The number of fused-ring (bicyclic) bond motifs is 1. The van der Waals surface area contributed by atoms with Crippen LogP contribution < -0.4 is 10.2 Å². The first-order chi connectivity index (χ1) is 14.5. The van der Waals surface area contributed by atoms with Crippen LogP contribution in [0.4, 0.5) is 15.0 Å². The van der Waals surface area contributed by atoms with Crippen molar-refractivity contribution in [2.45, 2.75) is 38.1 Å². The lowest BCUT2D eigenvalue weighted by Crippen LogP contribution is -2.47. The Hall–Kier alpha value is -1.93. The van der Waals surface area contributed by atoms with E-state index in [0.717, 1.165) is 67.4 Å². The summed E-state index contributed by atoms with van der Waals surface area (Å²) in [5.41, 5.74) is 0. The van der Waals surface area contributed by atoms with Crippen LogP contribution in [-0.2, 0) is 0 Å². The molecular formula is C22H32FN5OS. The molecule has 0 radical (unpaired) electrons. The van der Waals surface area contributed by atoms with Gasteiger partial charge in [0.05, 0.1) is 4.70 Å². The third kappa shape index (κ3) is 5.03. The van der Waals surface area contributed by atoms with E-state index in [1.54, 1.807) is 25.1 Å². The normalized spacial score (nSPS) is 23.0. The standard InChI is InChI=1S/C22H32FN5OS/c1-26(2)22(29)24-18-6-3-16(4-7-18)9-10-27-11-13-28(14-12-27)21-19-8-5-17(23)15-20(19)30-25-21/h5,8,15-16,18H,3-4,6-7,9-14H2,1-2H3,(H,24,29). The number of halogens is 1. The van der Waals surface area contributed by atoms with Crippen LogP contribution in [0.3, 0.4) is 0 Å². The second kappa shape index (κ2) is 9.47. The second-order valence-corrected chi connectivity index (χ2v) is 9.63. The van der Waals surface area contributed by atoms with Crippen LogP contribution in [0.15, 0.2) is 18.2 Å². The van der Waals surface area contributed by atoms with Crippen LogP contribution >= 0.6 is 11.5 Å². The van der Waals surface area contributed by atoms with Gasteiger partial charge in [-0.15, -0.1) is 0 Å². The number of hydrogen-bond acceptors (Lipinski definition) is 5. The van der Waals surface area contributed by atoms with Gasteiger partial charge in [0.15, 0.2) is 0 Å². The first kappa shape index (κ1) is 21.3. The van der Waals surface area contributed by atoms with Crippen LogP contribution in [0.25, 0.3) is 10.1 Å². The van der Waals surface area contributed by atoms with E-state index in [9.17, 15) is 9.18 Å². The van der Waals surface area contributed by atoms with Crippen LogP contribution in [0.1, 0.15) is 32.1 Å². The van der Waals surface area contributed by atoms with Gasteiger partial charge in [-0.25, -0.2) is 9.18 Å². The Labute approximate surface area is 182 Å². The molecule has 6 nitrogen and oxygen atoms in total. The Morgan fingerprint density at radius 2 is 1.93 bits per heavy atom. The number of carbonyl (C=O) groups is 1. The van der Waals surface area contributed by atoms with E-state index in [2.05, 4.69) is 19.5 Å². The van der Waals surface area contributed by atoms with Crippen molar-refractivity contribution in [1.29, 1.82) is 0 Å². The topological polar surface area (TPSA) is 51.7 Å². The van der Waals surface area contributed by atoms with Gasteiger partial charge in [-0.2, -0.15) is 4.37 Å². The molecule has 2 fully saturated rings. The molecule has 8 heteroatoms. The maximum atomic E-state index is 13.4. The van der Waals surface area contributed by atoms with Gasteiger partial charge >= 0.3 is 6.03 Å².